The quantitative estimate of drug-likeness (QED) is 0.647. The second-order valence-electron chi connectivity index (χ2n) is 5.44. The summed E-state index contributed by atoms with van der Waals surface area (Å²) in [4.78, 5) is 24.0. The van der Waals surface area contributed by atoms with Crippen LogP contribution in [0.1, 0.15) is 22.8 Å². The number of amides is 2. The number of anilines is 1. The number of carbonyl (C=O) groups excluding carboxylic acids is 2. The lowest BCUT2D eigenvalue weighted by molar-refractivity contribution is -0.118. The molecule has 7 nitrogen and oxygen atoms in total. The first-order chi connectivity index (χ1) is 13.4. The van der Waals surface area contributed by atoms with Crippen LogP contribution in [0.3, 0.4) is 0 Å². The number of nitriles is 1. The highest BCUT2D eigenvalue weighted by molar-refractivity contribution is 9.10. The Kier molecular flexibility index (Phi) is 7.67. The fraction of sp³-hybridized carbons (Fsp3) is 0.211. The molecule has 9 heteroatoms. The summed E-state index contributed by atoms with van der Waals surface area (Å²) >= 11 is 9.32. The van der Waals surface area contributed by atoms with E-state index in [4.69, 9.17) is 26.3 Å². The predicted molar refractivity (Wildman–Crippen MR) is 109 cm³/mol. The molecule has 0 heterocycles. The lowest BCUT2D eigenvalue weighted by Crippen LogP contribution is -2.22. The molecule has 2 aromatic carbocycles. The van der Waals surface area contributed by atoms with Crippen LogP contribution >= 0.6 is 27.5 Å². The van der Waals surface area contributed by atoms with Gasteiger partial charge >= 0.3 is 0 Å². The molecule has 0 spiro atoms. The Balaban J connectivity index is 2.11. The van der Waals surface area contributed by atoms with Gasteiger partial charge < -0.3 is 20.1 Å². The molecule has 0 bridgehead atoms. The first-order valence-corrected chi connectivity index (χ1v) is 9.37. The van der Waals surface area contributed by atoms with Crippen LogP contribution in [0, 0.1) is 11.3 Å². The molecule has 0 unspecified atom stereocenters. The summed E-state index contributed by atoms with van der Waals surface area (Å²) in [6.45, 7) is 1.87. The van der Waals surface area contributed by atoms with Gasteiger partial charge in [0.2, 0.25) is 0 Å². The molecule has 146 valence electrons. The molecule has 28 heavy (non-hydrogen) atoms. The number of hydrogen-bond donors (Lipinski definition) is 2. The molecular formula is C19H17BrClN3O4. The summed E-state index contributed by atoms with van der Waals surface area (Å²) in [5.41, 5.74) is 1.05. The second kappa shape index (κ2) is 9.97. The first-order valence-electron chi connectivity index (χ1n) is 8.20. The molecule has 0 aliphatic heterocycles. The fourth-order valence-corrected chi connectivity index (χ4v) is 3.04. The van der Waals surface area contributed by atoms with E-state index >= 15 is 0 Å². The molecule has 0 aliphatic carbocycles. The molecule has 0 fully saturated rings. The summed E-state index contributed by atoms with van der Waals surface area (Å²) in [5, 5.41) is 14.5. The highest BCUT2D eigenvalue weighted by Crippen LogP contribution is 2.36. The zero-order valence-electron chi connectivity index (χ0n) is 15.1. The Morgan fingerprint density at radius 2 is 2.00 bits per heavy atom. The van der Waals surface area contributed by atoms with Crippen LogP contribution < -0.4 is 20.1 Å². The number of halogens is 2. The number of carbonyl (C=O) groups is 2. The van der Waals surface area contributed by atoms with E-state index in [1.54, 1.807) is 19.1 Å². The van der Waals surface area contributed by atoms with Crippen molar-refractivity contribution in [1.29, 1.82) is 5.26 Å². The Bertz CT molecular complexity index is 944. The van der Waals surface area contributed by atoms with Crippen molar-refractivity contribution in [2.75, 3.05) is 25.6 Å². The van der Waals surface area contributed by atoms with Crippen LogP contribution in [0.25, 0.3) is 0 Å². The average molecular weight is 467 g/mol. The van der Waals surface area contributed by atoms with E-state index in [-0.39, 0.29) is 23.1 Å². The van der Waals surface area contributed by atoms with E-state index < -0.39 is 5.91 Å². The second-order valence-corrected chi connectivity index (χ2v) is 6.70. The molecule has 0 radical (unpaired) electrons. The van der Waals surface area contributed by atoms with Gasteiger partial charge in [-0.15, -0.1) is 0 Å². The van der Waals surface area contributed by atoms with Gasteiger partial charge in [-0.25, -0.2) is 0 Å². The molecular weight excluding hydrogens is 450 g/mol. The normalized spacial score (nSPS) is 9.96. The van der Waals surface area contributed by atoms with E-state index in [9.17, 15) is 9.59 Å². The largest absolute Gasteiger partial charge is 0.490 e. The number of nitrogens with zero attached hydrogens (tertiary/aromatic N) is 1. The summed E-state index contributed by atoms with van der Waals surface area (Å²) in [6, 6.07) is 9.71. The Labute approximate surface area is 175 Å². The molecule has 2 N–H and O–H groups in total. The third-order valence-electron chi connectivity index (χ3n) is 3.51. The maximum absolute atomic E-state index is 12.2. The van der Waals surface area contributed by atoms with E-state index in [1.165, 1.54) is 25.2 Å². The van der Waals surface area contributed by atoms with Crippen molar-refractivity contribution in [2.24, 2.45) is 0 Å². The Morgan fingerprint density at radius 1 is 1.25 bits per heavy atom. The minimum absolute atomic E-state index is 0.247. The van der Waals surface area contributed by atoms with Crippen LogP contribution in [-0.2, 0) is 4.79 Å². The van der Waals surface area contributed by atoms with Crippen LogP contribution in [0.15, 0.2) is 34.8 Å². The van der Waals surface area contributed by atoms with E-state index in [2.05, 4.69) is 26.6 Å². The first kappa shape index (κ1) is 21.5. The van der Waals surface area contributed by atoms with Gasteiger partial charge in [-0.3, -0.25) is 9.59 Å². The van der Waals surface area contributed by atoms with Gasteiger partial charge in [-0.2, -0.15) is 5.26 Å². The van der Waals surface area contributed by atoms with Crippen LogP contribution in [0.2, 0.25) is 5.02 Å². The fourth-order valence-electron chi connectivity index (χ4n) is 2.28. The van der Waals surface area contributed by atoms with Crippen molar-refractivity contribution in [1.82, 2.24) is 5.32 Å². The van der Waals surface area contributed by atoms with Crippen molar-refractivity contribution < 1.29 is 19.1 Å². The van der Waals surface area contributed by atoms with Crippen molar-refractivity contribution >= 4 is 45.0 Å². The predicted octanol–water partition coefficient (Wildman–Crippen LogP) is 3.75. The minimum atomic E-state index is -0.441. The Morgan fingerprint density at radius 3 is 2.64 bits per heavy atom. The number of nitrogens with one attached hydrogen (secondary N) is 2. The monoisotopic (exact) mass is 465 g/mol. The zero-order chi connectivity index (χ0) is 20.7. The number of hydrogen-bond acceptors (Lipinski definition) is 5. The van der Waals surface area contributed by atoms with Gasteiger partial charge in [0.05, 0.1) is 33.3 Å². The number of benzene rings is 2. The molecule has 2 aromatic rings. The standard InChI is InChI=1S/C19H17BrClN3O4/c1-3-27-16-7-11(9-22)6-14(20)18(16)28-10-17(25)24-12-4-5-15(21)13(8-12)19(26)23-2/h4-8H,3,10H2,1-2H3,(H,23,26)(H,24,25). The van der Waals surface area contributed by atoms with E-state index in [0.717, 1.165) is 0 Å². The average Bonchev–Trinajstić information content (AvgIpc) is 2.68. The van der Waals surface area contributed by atoms with Crippen LogP contribution in [0.5, 0.6) is 11.5 Å². The molecule has 2 amide bonds. The zero-order valence-corrected chi connectivity index (χ0v) is 17.5. The lowest BCUT2D eigenvalue weighted by atomic mass is 10.2. The molecule has 0 aliphatic rings. The number of ether oxygens (including phenoxy) is 2. The highest BCUT2D eigenvalue weighted by atomic mass is 79.9. The third kappa shape index (κ3) is 5.38. The molecule has 0 saturated heterocycles. The SMILES string of the molecule is CCOc1cc(C#N)cc(Br)c1OCC(=O)Nc1ccc(Cl)c(C(=O)NC)c1. The van der Waals surface area contributed by atoms with Gasteiger partial charge in [-0.05, 0) is 47.1 Å². The van der Waals surface area contributed by atoms with Gasteiger partial charge in [0.25, 0.3) is 11.8 Å². The van der Waals surface area contributed by atoms with E-state index in [0.29, 0.717) is 33.8 Å². The van der Waals surface area contributed by atoms with E-state index in [1.807, 2.05) is 6.07 Å². The topological polar surface area (TPSA) is 100 Å². The highest BCUT2D eigenvalue weighted by Gasteiger charge is 2.15. The summed E-state index contributed by atoms with van der Waals surface area (Å²) in [6.07, 6.45) is 0. The maximum Gasteiger partial charge on any atom is 0.262 e. The summed E-state index contributed by atoms with van der Waals surface area (Å²) < 4.78 is 11.6. The minimum Gasteiger partial charge on any atom is -0.490 e. The maximum atomic E-state index is 12.2. The van der Waals surface area contributed by atoms with Gasteiger partial charge in [-0.1, -0.05) is 11.6 Å². The van der Waals surface area contributed by atoms with Gasteiger partial charge in [0.1, 0.15) is 0 Å². The molecule has 0 aromatic heterocycles. The smallest absolute Gasteiger partial charge is 0.262 e. The summed E-state index contributed by atoms with van der Waals surface area (Å²) in [5.74, 6) is -0.128. The van der Waals surface area contributed by atoms with Crippen LogP contribution in [0.4, 0.5) is 5.69 Å². The van der Waals surface area contributed by atoms with Crippen LogP contribution in [-0.4, -0.2) is 32.1 Å². The van der Waals surface area contributed by atoms with Gasteiger partial charge in [0, 0.05) is 18.8 Å². The Hall–Kier alpha value is -2.76. The molecule has 2 rings (SSSR count). The molecule has 0 saturated carbocycles. The third-order valence-corrected chi connectivity index (χ3v) is 4.43. The van der Waals surface area contributed by atoms with Crippen molar-refractivity contribution in [3.05, 3.63) is 51.0 Å². The number of rotatable bonds is 7. The van der Waals surface area contributed by atoms with Crippen molar-refractivity contribution in [3.8, 4) is 17.6 Å². The van der Waals surface area contributed by atoms with Gasteiger partial charge in [0.15, 0.2) is 18.1 Å². The van der Waals surface area contributed by atoms with Crippen molar-refractivity contribution in [3.63, 3.8) is 0 Å². The lowest BCUT2D eigenvalue weighted by Gasteiger charge is -2.14. The van der Waals surface area contributed by atoms with Crippen molar-refractivity contribution in [2.45, 2.75) is 6.92 Å². The summed E-state index contributed by atoms with van der Waals surface area (Å²) in [7, 11) is 1.49. The molecule has 0 atom stereocenters.